The van der Waals surface area contributed by atoms with Gasteiger partial charge in [0.05, 0.1) is 25.6 Å². The van der Waals surface area contributed by atoms with Gasteiger partial charge in [0.2, 0.25) is 0 Å². The first-order valence-electron chi connectivity index (χ1n) is 9.66. The Morgan fingerprint density at radius 2 is 1.97 bits per heavy atom. The molecule has 8 heteroatoms. The fourth-order valence-corrected chi connectivity index (χ4v) is 4.66. The number of nitrogens with one attached hydrogen (secondary N) is 3. The van der Waals surface area contributed by atoms with Crippen LogP contribution in [0.1, 0.15) is 35.9 Å². The lowest BCUT2D eigenvalue weighted by molar-refractivity contribution is -0.919. The molecule has 0 spiro atoms. The van der Waals surface area contributed by atoms with Crippen LogP contribution in [0.4, 0.5) is 4.79 Å². The van der Waals surface area contributed by atoms with Crippen molar-refractivity contribution >= 4 is 23.3 Å². The maximum atomic E-state index is 12.5. The number of quaternary nitrogens is 1. The van der Waals surface area contributed by atoms with Crippen LogP contribution in [-0.2, 0) is 11.2 Å². The van der Waals surface area contributed by atoms with Gasteiger partial charge in [-0.15, -0.1) is 11.3 Å². The standard InChI is InChI=1S/C21H27N3O4S/c1-13(2)22-21(26)23-19(25)12-24-8-7-14-10-16(27-3)17(28-4)11-15(14)20(24)18-6-5-9-29-18/h5-6,9-11,13,20H,7-8,12H2,1-4H3,(H2,22,23,25,26)/p+1/t20-/m1/s1. The molecule has 1 aromatic heterocycles. The minimum absolute atomic E-state index is 0.00235. The number of methoxy groups -OCH3 is 2. The Bertz CT molecular complexity index is 867. The number of carbonyl (C=O) groups excluding carboxylic acids is 2. The molecule has 1 unspecified atom stereocenters. The van der Waals surface area contributed by atoms with E-state index in [1.165, 1.54) is 10.4 Å². The second-order valence-corrected chi connectivity index (χ2v) is 8.35. The Hall–Kier alpha value is -2.58. The van der Waals surface area contributed by atoms with Crippen molar-refractivity contribution in [1.82, 2.24) is 10.6 Å². The number of carbonyl (C=O) groups is 2. The number of urea groups is 1. The van der Waals surface area contributed by atoms with E-state index >= 15 is 0 Å². The van der Waals surface area contributed by atoms with Crippen molar-refractivity contribution in [3.05, 3.63) is 45.6 Å². The molecule has 3 rings (SSSR count). The third kappa shape index (κ3) is 4.89. The second-order valence-electron chi connectivity index (χ2n) is 7.37. The normalized spacial score (nSPS) is 18.1. The molecule has 0 aliphatic carbocycles. The number of hydrogen-bond donors (Lipinski definition) is 3. The zero-order valence-electron chi connectivity index (χ0n) is 17.2. The molecule has 0 saturated heterocycles. The first-order chi connectivity index (χ1) is 13.9. The molecule has 3 N–H and O–H groups in total. The first kappa shape index (κ1) is 21.1. The maximum absolute atomic E-state index is 12.5. The van der Waals surface area contributed by atoms with Gasteiger partial charge in [0.1, 0.15) is 6.04 Å². The summed E-state index contributed by atoms with van der Waals surface area (Å²) >= 11 is 1.67. The van der Waals surface area contributed by atoms with Gasteiger partial charge >= 0.3 is 6.03 Å². The van der Waals surface area contributed by atoms with E-state index in [1.807, 2.05) is 37.4 Å². The Labute approximate surface area is 175 Å². The summed E-state index contributed by atoms with van der Waals surface area (Å²) in [5, 5.41) is 7.16. The molecule has 2 aromatic rings. The van der Waals surface area contributed by atoms with E-state index in [-0.39, 0.29) is 24.5 Å². The van der Waals surface area contributed by atoms with Gasteiger partial charge in [-0.25, -0.2) is 4.79 Å². The minimum Gasteiger partial charge on any atom is -0.493 e. The van der Waals surface area contributed by atoms with E-state index in [2.05, 4.69) is 16.7 Å². The van der Waals surface area contributed by atoms with Gasteiger partial charge in [-0.3, -0.25) is 10.1 Å². The molecule has 1 aromatic carbocycles. The number of ether oxygens (including phenoxy) is 2. The summed E-state index contributed by atoms with van der Waals surface area (Å²) in [6.45, 7) is 4.70. The first-order valence-corrected chi connectivity index (χ1v) is 10.5. The van der Waals surface area contributed by atoms with Crippen molar-refractivity contribution in [3.63, 3.8) is 0 Å². The zero-order valence-corrected chi connectivity index (χ0v) is 18.0. The third-order valence-corrected chi connectivity index (χ3v) is 5.91. The van der Waals surface area contributed by atoms with E-state index < -0.39 is 6.03 Å². The molecule has 2 heterocycles. The summed E-state index contributed by atoms with van der Waals surface area (Å²) in [7, 11) is 3.26. The predicted molar refractivity (Wildman–Crippen MR) is 112 cm³/mol. The molecular weight excluding hydrogens is 390 g/mol. The second kappa shape index (κ2) is 9.28. The molecule has 1 aliphatic heterocycles. The number of thiophene rings is 1. The largest absolute Gasteiger partial charge is 0.493 e. The third-order valence-electron chi connectivity index (χ3n) is 4.97. The summed E-state index contributed by atoms with van der Waals surface area (Å²) < 4.78 is 11.0. The van der Waals surface area contributed by atoms with Gasteiger partial charge < -0.3 is 19.7 Å². The average molecular weight is 419 g/mol. The molecule has 29 heavy (non-hydrogen) atoms. The highest BCUT2D eigenvalue weighted by Gasteiger charge is 2.35. The van der Waals surface area contributed by atoms with Crippen LogP contribution in [0.25, 0.3) is 0 Å². The summed E-state index contributed by atoms with van der Waals surface area (Å²) in [6, 6.07) is 7.66. The average Bonchev–Trinajstić information content (AvgIpc) is 3.20. The molecule has 3 amide bonds. The fraction of sp³-hybridized carbons (Fsp3) is 0.429. The van der Waals surface area contributed by atoms with E-state index in [9.17, 15) is 9.59 Å². The number of imide groups is 1. The molecule has 2 atom stereocenters. The van der Waals surface area contributed by atoms with Crippen molar-refractivity contribution < 1.29 is 24.0 Å². The molecule has 0 radical (unpaired) electrons. The summed E-state index contributed by atoms with van der Waals surface area (Å²) in [5.74, 6) is 1.10. The van der Waals surface area contributed by atoms with Crippen molar-refractivity contribution in [2.75, 3.05) is 27.3 Å². The lowest BCUT2D eigenvalue weighted by Crippen LogP contribution is -3.14. The number of hydrogen-bond acceptors (Lipinski definition) is 5. The topological polar surface area (TPSA) is 81.1 Å². The molecule has 0 saturated carbocycles. The minimum atomic E-state index is -0.458. The van der Waals surface area contributed by atoms with Gasteiger partial charge in [0.25, 0.3) is 5.91 Å². The Balaban J connectivity index is 1.87. The number of amides is 3. The molecule has 156 valence electrons. The van der Waals surface area contributed by atoms with Crippen LogP contribution in [-0.4, -0.2) is 45.3 Å². The van der Waals surface area contributed by atoms with Gasteiger partial charge in [-0.05, 0) is 43.0 Å². The van der Waals surface area contributed by atoms with E-state index in [0.717, 1.165) is 23.4 Å². The highest BCUT2D eigenvalue weighted by Crippen LogP contribution is 2.36. The number of fused-ring (bicyclic) bond motifs is 1. The van der Waals surface area contributed by atoms with Crippen LogP contribution >= 0.6 is 11.3 Å². The summed E-state index contributed by atoms with van der Waals surface area (Å²) in [6.07, 6.45) is 0.818. The van der Waals surface area contributed by atoms with Crippen LogP contribution in [0.15, 0.2) is 29.6 Å². The van der Waals surface area contributed by atoms with Gasteiger partial charge in [-0.1, -0.05) is 6.07 Å². The summed E-state index contributed by atoms with van der Waals surface area (Å²) in [5.41, 5.74) is 2.33. The molecule has 0 bridgehead atoms. The van der Waals surface area contributed by atoms with Crippen molar-refractivity contribution in [3.8, 4) is 11.5 Å². The van der Waals surface area contributed by atoms with Gasteiger partial charge in [0, 0.05) is 18.0 Å². The monoisotopic (exact) mass is 418 g/mol. The molecule has 0 fully saturated rings. The van der Waals surface area contributed by atoms with Gasteiger partial charge in [-0.2, -0.15) is 0 Å². The lowest BCUT2D eigenvalue weighted by Gasteiger charge is -2.34. The Kier molecular flexibility index (Phi) is 6.76. The van der Waals surface area contributed by atoms with Crippen molar-refractivity contribution in [2.45, 2.75) is 32.4 Å². The molecule has 1 aliphatic rings. The predicted octanol–water partition coefficient (Wildman–Crippen LogP) is 1.53. The maximum Gasteiger partial charge on any atom is 0.321 e. The van der Waals surface area contributed by atoms with E-state index in [4.69, 9.17) is 9.47 Å². The van der Waals surface area contributed by atoms with Crippen molar-refractivity contribution in [2.24, 2.45) is 0 Å². The smallest absolute Gasteiger partial charge is 0.321 e. The molecule has 7 nitrogen and oxygen atoms in total. The lowest BCUT2D eigenvalue weighted by atomic mass is 9.91. The van der Waals surface area contributed by atoms with Crippen molar-refractivity contribution in [1.29, 1.82) is 0 Å². The van der Waals surface area contributed by atoms with Crippen LogP contribution in [0.3, 0.4) is 0 Å². The number of rotatable bonds is 6. The van der Waals surface area contributed by atoms with E-state index in [0.29, 0.717) is 11.5 Å². The van der Waals surface area contributed by atoms with E-state index in [1.54, 1.807) is 25.6 Å². The van der Waals surface area contributed by atoms with Crippen LogP contribution in [0, 0.1) is 0 Å². The highest BCUT2D eigenvalue weighted by molar-refractivity contribution is 7.10. The Morgan fingerprint density at radius 1 is 1.24 bits per heavy atom. The Morgan fingerprint density at radius 3 is 2.59 bits per heavy atom. The SMILES string of the molecule is COc1cc2c(cc1OC)[C@H](c1cccs1)[NH+](CC(=O)NC(=O)NC(C)C)CC2. The highest BCUT2D eigenvalue weighted by atomic mass is 32.1. The van der Waals surface area contributed by atoms with Crippen LogP contribution in [0.2, 0.25) is 0 Å². The number of benzene rings is 1. The summed E-state index contributed by atoms with van der Waals surface area (Å²) in [4.78, 5) is 26.7. The fourth-order valence-electron chi connectivity index (χ4n) is 3.76. The van der Waals surface area contributed by atoms with Crippen LogP contribution < -0.4 is 25.0 Å². The molecular formula is C21H28N3O4S+. The van der Waals surface area contributed by atoms with Gasteiger partial charge in [0.15, 0.2) is 18.0 Å². The zero-order chi connectivity index (χ0) is 21.0. The quantitative estimate of drug-likeness (QED) is 0.665. The van der Waals surface area contributed by atoms with Crippen LogP contribution in [0.5, 0.6) is 11.5 Å².